The van der Waals surface area contributed by atoms with Crippen LogP contribution in [0.15, 0.2) is 30.3 Å². The van der Waals surface area contributed by atoms with E-state index in [0.29, 0.717) is 11.5 Å². The first kappa shape index (κ1) is 10.5. The first-order chi connectivity index (χ1) is 6.63. The Balaban J connectivity index is 3.03. The van der Waals surface area contributed by atoms with E-state index in [0.717, 1.165) is 5.56 Å². The molecule has 0 spiro atoms. The van der Waals surface area contributed by atoms with Crippen LogP contribution in [-0.2, 0) is 0 Å². The van der Waals surface area contributed by atoms with Crippen molar-refractivity contribution in [2.75, 3.05) is 0 Å². The Labute approximate surface area is 83.5 Å². The number of hydrogen-bond acceptors (Lipinski definition) is 1. The van der Waals surface area contributed by atoms with Crippen LogP contribution in [0.2, 0.25) is 0 Å². The molecule has 0 aliphatic rings. The third-order valence-corrected chi connectivity index (χ3v) is 1.78. The number of halogens is 1. The molecule has 2 heteroatoms. The first-order valence-corrected chi connectivity index (χ1v) is 4.51. The van der Waals surface area contributed by atoms with Gasteiger partial charge >= 0.3 is 0 Å². The van der Waals surface area contributed by atoms with Crippen molar-refractivity contribution >= 4 is 5.57 Å². The minimum Gasteiger partial charge on any atom is -0.207 e. The molecule has 0 saturated carbocycles. The zero-order chi connectivity index (χ0) is 10.6. The van der Waals surface area contributed by atoms with Crippen molar-refractivity contribution in [3.05, 3.63) is 41.7 Å². The van der Waals surface area contributed by atoms with Crippen molar-refractivity contribution in [1.29, 1.82) is 5.26 Å². The predicted molar refractivity (Wildman–Crippen MR) is 54.8 cm³/mol. The summed E-state index contributed by atoms with van der Waals surface area (Å²) in [6.07, 6.45) is 1.87. The van der Waals surface area contributed by atoms with Gasteiger partial charge in [0.05, 0.1) is 11.6 Å². The van der Waals surface area contributed by atoms with Gasteiger partial charge in [-0.1, -0.05) is 32.1 Å². The molecule has 0 N–H and O–H groups in total. The molecule has 1 aromatic carbocycles. The minimum atomic E-state index is -0.282. The van der Waals surface area contributed by atoms with E-state index in [1.807, 2.05) is 19.9 Å². The molecule has 72 valence electrons. The van der Waals surface area contributed by atoms with Crippen molar-refractivity contribution in [3.63, 3.8) is 0 Å². The van der Waals surface area contributed by atoms with Gasteiger partial charge in [-0.15, -0.1) is 0 Å². The van der Waals surface area contributed by atoms with E-state index in [1.165, 1.54) is 12.1 Å². The maximum atomic E-state index is 12.6. The lowest BCUT2D eigenvalue weighted by Crippen LogP contribution is -1.86. The van der Waals surface area contributed by atoms with Gasteiger partial charge in [-0.2, -0.15) is 5.26 Å². The van der Waals surface area contributed by atoms with E-state index in [4.69, 9.17) is 5.26 Å². The summed E-state index contributed by atoms with van der Waals surface area (Å²) < 4.78 is 12.6. The number of nitrogens with zero attached hydrogens (tertiary/aromatic N) is 1. The second-order valence-corrected chi connectivity index (χ2v) is 3.44. The monoisotopic (exact) mass is 189 g/mol. The van der Waals surface area contributed by atoms with Gasteiger partial charge in [0.2, 0.25) is 0 Å². The van der Waals surface area contributed by atoms with Gasteiger partial charge in [0, 0.05) is 0 Å². The molecule has 1 nitrogen and oxygen atoms in total. The third-order valence-electron chi connectivity index (χ3n) is 1.78. The molecule has 0 aliphatic heterocycles. The molecule has 0 fully saturated rings. The van der Waals surface area contributed by atoms with Crippen LogP contribution in [0.25, 0.3) is 5.57 Å². The summed E-state index contributed by atoms with van der Waals surface area (Å²) in [6.45, 7) is 4.00. The highest BCUT2D eigenvalue weighted by atomic mass is 19.1. The van der Waals surface area contributed by atoms with E-state index in [9.17, 15) is 4.39 Å². The summed E-state index contributed by atoms with van der Waals surface area (Å²) in [4.78, 5) is 0. The Morgan fingerprint density at radius 3 is 2.36 bits per heavy atom. The van der Waals surface area contributed by atoms with Crippen molar-refractivity contribution in [1.82, 2.24) is 0 Å². The average molecular weight is 189 g/mol. The Morgan fingerprint density at radius 1 is 1.36 bits per heavy atom. The molecular weight excluding hydrogens is 177 g/mol. The van der Waals surface area contributed by atoms with Crippen molar-refractivity contribution < 1.29 is 4.39 Å². The lowest BCUT2D eigenvalue weighted by molar-refractivity contribution is 0.627. The van der Waals surface area contributed by atoms with Gasteiger partial charge in [-0.25, -0.2) is 4.39 Å². The molecule has 0 bridgehead atoms. The largest absolute Gasteiger partial charge is 0.207 e. The smallest absolute Gasteiger partial charge is 0.123 e. The summed E-state index contributed by atoms with van der Waals surface area (Å²) in [5.41, 5.74) is 1.36. The Hall–Kier alpha value is -1.62. The molecule has 1 rings (SSSR count). The van der Waals surface area contributed by atoms with Crippen LogP contribution in [-0.4, -0.2) is 0 Å². The number of hydrogen-bond donors (Lipinski definition) is 0. The molecule has 1 aromatic rings. The van der Waals surface area contributed by atoms with E-state index >= 15 is 0 Å². The molecule has 0 amide bonds. The number of benzene rings is 1. The second kappa shape index (κ2) is 4.57. The van der Waals surface area contributed by atoms with Crippen LogP contribution < -0.4 is 0 Å². The molecule has 0 atom stereocenters. The van der Waals surface area contributed by atoms with Crippen molar-refractivity contribution in [2.45, 2.75) is 13.8 Å². The van der Waals surface area contributed by atoms with Crippen LogP contribution >= 0.6 is 0 Å². The fourth-order valence-electron chi connectivity index (χ4n) is 1.16. The number of nitriles is 1. The van der Waals surface area contributed by atoms with Crippen LogP contribution in [0.4, 0.5) is 4.39 Å². The molecule has 0 heterocycles. The third kappa shape index (κ3) is 2.70. The number of allylic oxidation sites excluding steroid dienone is 2. The van der Waals surface area contributed by atoms with Crippen LogP contribution in [0.5, 0.6) is 0 Å². The Morgan fingerprint density at radius 2 is 1.93 bits per heavy atom. The molecule has 0 aromatic heterocycles. The normalized spacial score (nSPS) is 11.5. The standard InChI is InChI=1S/C12H12FN/c1-9(2)7-11(8-14)10-3-5-12(13)6-4-10/h3-7,9H,1-2H3/b11-7+. The summed E-state index contributed by atoms with van der Waals surface area (Å²) in [7, 11) is 0. The quantitative estimate of drug-likeness (QED) is 0.654. The van der Waals surface area contributed by atoms with Gasteiger partial charge in [0.15, 0.2) is 0 Å². The zero-order valence-electron chi connectivity index (χ0n) is 8.29. The predicted octanol–water partition coefficient (Wildman–Crippen LogP) is 3.39. The van der Waals surface area contributed by atoms with E-state index in [-0.39, 0.29) is 5.82 Å². The van der Waals surface area contributed by atoms with Crippen molar-refractivity contribution in [3.8, 4) is 6.07 Å². The first-order valence-electron chi connectivity index (χ1n) is 4.51. The van der Waals surface area contributed by atoms with Gasteiger partial charge in [0.25, 0.3) is 0 Å². The van der Waals surface area contributed by atoms with Gasteiger partial charge in [0.1, 0.15) is 5.82 Å². The molecule has 14 heavy (non-hydrogen) atoms. The fraction of sp³-hybridized carbons (Fsp3) is 0.250. The van der Waals surface area contributed by atoms with E-state index < -0.39 is 0 Å². The highest BCUT2D eigenvalue weighted by molar-refractivity contribution is 5.76. The summed E-state index contributed by atoms with van der Waals surface area (Å²) in [5.74, 6) is 0.0327. The van der Waals surface area contributed by atoms with Crippen LogP contribution in [0, 0.1) is 23.1 Å². The van der Waals surface area contributed by atoms with E-state index in [1.54, 1.807) is 12.1 Å². The van der Waals surface area contributed by atoms with Crippen LogP contribution in [0.1, 0.15) is 19.4 Å². The van der Waals surface area contributed by atoms with Gasteiger partial charge in [-0.05, 0) is 23.6 Å². The summed E-state index contributed by atoms with van der Waals surface area (Å²) in [5, 5.41) is 8.89. The average Bonchev–Trinajstić information content (AvgIpc) is 2.15. The molecule has 0 unspecified atom stereocenters. The SMILES string of the molecule is CC(C)/C=C(\C#N)c1ccc(F)cc1. The lowest BCUT2D eigenvalue weighted by Gasteiger charge is -2.00. The van der Waals surface area contributed by atoms with Crippen LogP contribution in [0.3, 0.4) is 0 Å². The maximum Gasteiger partial charge on any atom is 0.123 e. The molecule has 0 aliphatic carbocycles. The van der Waals surface area contributed by atoms with E-state index in [2.05, 4.69) is 6.07 Å². The Bertz CT molecular complexity index is 368. The fourth-order valence-corrected chi connectivity index (χ4v) is 1.16. The molecular formula is C12H12FN. The zero-order valence-corrected chi connectivity index (χ0v) is 8.29. The highest BCUT2D eigenvalue weighted by Crippen LogP contribution is 2.16. The Kier molecular flexibility index (Phi) is 3.41. The van der Waals surface area contributed by atoms with Gasteiger partial charge < -0.3 is 0 Å². The molecule has 0 radical (unpaired) electrons. The molecule has 0 saturated heterocycles. The van der Waals surface area contributed by atoms with Gasteiger partial charge in [-0.3, -0.25) is 0 Å². The minimum absolute atomic E-state index is 0.282. The topological polar surface area (TPSA) is 23.8 Å². The number of rotatable bonds is 2. The summed E-state index contributed by atoms with van der Waals surface area (Å²) >= 11 is 0. The van der Waals surface area contributed by atoms with Crippen molar-refractivity contribution in [2.24, 2.45) is 5.92 Å². The maximum absolute atomic E-state index is 12.6. The highest BCUT2D eigenvalue weighted by Gasteiger charge is 2.01. The second-order valence-electron chi connectivity index (χ2n) is 3.44. The summed E-state index contributed by atoms with van der Waals surface area (Å²) in [6, 6.07) is 8.07. The lowest BCUT2D eigenvalue weighted by atomic mass is 10.0.